The Morgan fingerprint density at radius 2 is 1.70 bits per heavy atom. The van der Waals surface area contributed by atoms with Crippen LogP contribution in [0.4, 0.5) is 5.69 Å². The highest BCUT2D eigenvalue weighted by molar-refractivity contribution is 8.13. The summed E-state index contributed by atoms with van der Waals surface area (Å²) in [4.78, 5) is 29.5. The first-order valence-electron chi connectivity index (χ1n) is 8.91. The van der Waals surface area contributed by atoms with Crippen molar-refractivity contribution in [1.29, 1.82) is 0 Å². The van der Waals surface area contributed by atoms with Gasteiger partial charge in [0.25, 0.3) is 5.56 Å². The van der Waals surface area contributed by atoms with Gasteiger partial charge < -0.3 is 9.84 Å². The van der Waals surface area contributed by atoms with E-state index in [1.54, 1.807) is 43.5 Å². The van der Waals surface area contributed by atoms with Gasteiger partial charge in [-0.3, -0.25) is 13.9 Å². The number of hydrogen-bond acceptors (Lipinski definition) is 6. The van der Waals surface area contributed by atoms with Crippen LogP contribution in [0.15, 0.2) is 63.1 Å². The van der Waals surface area contributed by atoms with Gasteiger partial charge in [0, 0.05) is 24.9 Å². The molecule has 7 nitrogen and oxygen atoms in total. The van der Waals surface area contributed by atoms with Crippen molar-refractivity contribution in [3.05, 3.63) is 85.5 Å². The molecule has 9 heteroatoms. The van der Waals surface area contributed by atoms with E-state index in [9.17, 15) is 14.7 Å². The van der Waals surface area contributed by atoms with Crippen LogP contribution in [0.5, 0.6) is 11.6 Å². The summed E-state index contributed by atoms with van der Waals surface area (Å²) in [5, 5.41) is 11.5. The summed E-state index contributed by atoms with van der Waals surface area (Å²) in [7, 11) is 4.33. The molecule has 3 aromatic rings. The minimum Gasteiger partial charge on any atom is -0.497 e. The summed E-state index contributed by atoms with van der Waals surface area (Å²) in [5.41, 5.74) is 0.270. The molecule has 0 bridgehead atoms. The molecule has 1 heterocycles. The van der Waals surface area contributed by atoms with E-state index in [1.165, 1.54) is 25.9 Å². The first-order chi connectivity index (χ1) is 14.3. The van der Waals surface area contributed by atoms with Crippen molar-refractivity contribution in [2.24, 2.45) is 19.1 Å². The quantitative estimate of drug-likeness (QED) is 0.480. The molecule has 30 heavy (non-hydrogen) atoms. The average molecular weight is 446 g/mol. The fourth-order valence-electron chi connectivity index (χ4n) is 2.69. The number of aliphatic imine (C=N–C) groups is 1. The third-order valence-corrected chi connectivity index (χ3v) is 5.74. The van der Waals surface area contributed by atoms with Crippen LogP contribution in [0.1, 0.15) is 11.1 Å². The van der Waals surface area contributed by atoms with Crippen LogP contribution < -0.4 is 16.0 Å². The first kappa shape index (κ1) is 21.7. The zero-order valence-electron chi connectivity index (χ0n) is 16.6. The van der Waals surface area contributed by atoms with E-state index in [4.69, 9.17) is 16.3 Å². The Balaban J connectivity index is 2.09. The zero-order valence-corrected chi connectivity index (χ0v) is 18.2. The predicted octanol–water partition coefficient (Wildman–Crippen LogP) is 3.46. The third kappa shape index (κ3) is 4.60. The van der Waals surface area contributed by atoms with Gasteiger partial charge in [0.15, 0.2) is 0 Å². The molecule has 1 aromatic heterocycles. The van der Waals surface area contributed by atoms with E-state index < -0.39 is 17.1 Å². The minimum absolute atomic E-state index is 0.0330. The molecule has 0 radical (unpaired) electrons. The Bertz CT molecular complexity index is 1200. The SMILES string of the molecule is COc1ccc(N=C(SCc2ccc(Cl)cc2)c2c(O)n(C)c(=O)n(C)c2=O)cc1. The fourth-order valence-corrected chi connectivity index (χ4v) is 3.80. The van der Waals surface area contributed by atoms with Gasteiger partial charge in [0.2, 0.25) is 5.88 Å². The second-order valence-corrected chi connectivity index (χ2v) is 7.83. The summed E-state index contributed by atoms with van der Waals surface area (Å²) in [5.74, 6) is 0.724. The molecule has 0 aliphatic heterocycles. The zero-order chi connectivity index (χ0) is 21.8. The fraction of sp³-hybridized carbons (Fsp3) is 0.190. The topological polar surface area (TPSA) is 85.8 Å². The number of ether oxygens (including phenoxy) is 1. The van der Waals surface area contributed by atoms with Crippen molar-refractivity contribution in [2.75, 3.05) is 7.11 Å². The summed E-state index contributed by atoms with van der Waals surface area (Å²) >= 11 is 7.22. The van der Waals surface area contributed by atoms with Crippen LogP contribution >= 0.6 is 23.4 Å². The molecule has 0 atom stereocenters. The molecular formula is C21H20ClN3O4S. The second kappa shape index (κ2) is 9.23. The van der Waals surface area contributed by atoms with Gasteiger partial charge in [-0.05, 0) is 42.0 Å². The molecule has 3 rings (SSSR count). The molecule has 156 valence electrons. The van der Waals surface area contributed by atoms with Gasteiger partial charge in [-0.15, -0.1) is 11.8 Å². The molecule has 0 saturated heterocycles. The Hall–Kier alpha value is -2.97. The number of hydrogen-bond donors (Lipinski definition) is 1. The maximum absolute atomic E-state index is 12.8. The normalized spacial score (nSPS) is 11.5. The number of thioether (sulfide) groups is 1. The van der Waals surface area contributed by atoms with E-state index in [0.29, 0.717) is 27.3 Å². The van der Waals surface area contributed by atoms with Crippen molar-refractivity contribution in [3.63, 3.8) is 0 Å². The van der Waals surface area contributed by atoms with E-state index in [2.05, 4.69) is 4.99 Å². The van der Waals surface area contributed by atoms with Crippen molar-refractivity contribution < 1.29 is 9.84 Å². The largest absolute Gasteiger partial charge is 0.497 e. The molecule has 0 unspecified atom stereocenters. The van der Waals surface area contributed by atoms with Crippen molar-refractivity contribution in [2.45, 2.75) is 5.75 Å². The Kier molecular flexibility index (Phi) is 6.69. The smallest absolute Gasteiger partial charge is 0.333 e. The van der Waals surface area contributed by atoms with Crippen LogP contribution in [-0.2, 0) is 19.8 Å². The molecule has 0 amide bonds. The van der Waals surface area contributed by atoms with Crippen molar-refractivity contribution in [1.82, 2.24) is 9.13 Å². The van der Waals surface area contributed by atoms with Crippen LogP contribution in [-0.4, -0.2) is 26.4 Å². The third-order valence-electron chi connectivity index (χ3n) is 4.44. The number of aromatic hydroxyl groups is 1. The monoisotopic (exact) mass is 445 g/mol. The summed E-state index contributed by atoms with van der Waals surface area (Å²) in [6.45, 7) is 0. The first-order valence-corrected chi connectivity index (χ1v) is 10.3. The Morgan fingerprint density at radius 1 is 1.07 bits per heavy atom. The number of aromatic nitrogens is 2. The molecule has 0 aliphatic rings. The molecule has 2 aromatic carbocycles. The van der Waals surface area contributed by atoms with Crippen molar-refractivity contribution >= 4 is 34.1 Å². The van der Waals surface area contributed by atoms with Crippen LogP contribution in [0, 0.1) is 0 Å². The second-order valence-electron chi connectivity index (χ2n) is 6.43. The molecule has 0 saturated carbocycles. The maximum Gasteiger partial charge on any atom is 0.333 e. The van der Waals surface area contributed by atoms with Gasteiger partial charge in [-0.1, -0.05) is 23.7 Å². The van der Waals surface area contributed by atoms with Gasteiger partial charge >= 0.3 is 5.69 Å². The summed E-state index contributed by atoms with van der Waals surface area (Å²) in [6.07, 6.45) is 0. The number of nitrogens with zero attached hydrogens (tertiary/aromatic N) is 3. The highest BCUT2D eigenvalue weighted by atomic mass is 35.5. The van der Waals surface area contributed by atoms with E-state index in [-0.39, 0.29) is 5.56 Å². The molecule has 0 fully saturated rings. The lowest BCUT2D eigenvalue weighted by Gasteiger charge is -2.12. The number of benzene rings is 2. The van der Waals surface area contributed by atoms with Crippen LogP contribution in [0.25, 0.3) is 0 Å². The van der Waals surface area contributed by atoms with Gasteiger partial charge in [-0.25, -0.2) is 9.79 Å². The van der Waals surface area contributed by atoms with E-state index in [1.807, 2.05) is 12.1 Å². The van der Waals surface area contributed by atoms with Gasteiger partial charge in [-0.2, -0.15) is 0 Å². The minimum atomic E-state index is -0.619. The highest BCUT2D eigenvalue weighted by Gasteiger charge is 2.21. The molecular weight excluding hydrogens is 426 g/mol. The lowest BCUT2D eigenvalue weighted by Crippen LogP contribution is -2.39. The lowest BCUT2D eigenvalue weighted by atomic mass is 10.2. The van der Waals surface area contributed by atoms with Crippen molar-refractivity contribution in [3.8, 4) is 11.6 Å². The van der Waals surface area contributed by atoms with Gasteiger partial charge in [0.05, 0.1) is 12.8 Å². The lowest BCUT2D eigenvalue weighted by molar-refractivity contribution is 0.410. The maximum atomic E-state index is 12.8. The van der Waals surface area contributed by atoms with Crippen LogP contribution in [0.2, 0.25) is 5.02 Å². The Morgan fingerprint density at radius 3 is 2.30 bits per heavy atom. The number of methoxy groups -OCH3 is 1. The molecule has 1 N–H and O–H groups in total. The summed E-state index contributed by atoms with van der Waals surface area (Å²) < 4.78 is 7.12. The average Bonchev–Trinajstić information content (AvgIpc) is 2.76. The van der Waals surface area contributed by atoms with E-state index in [0.717, 1.165) is 14.7 Å². The molecule has 0 aliphatic carbocycles. The highest BCUT2D eigenvalue weighted by Crippen LogP contribution is 2.27. The standard InChI is InChI=1S/C21H20ClN3O4S/c1-24-19(26)17(20(27)25(2)21(24)28)18(23-15-8-10-16(29-3)11-9-15)30-12-13-4-6-14(22)7-5-13/h4-11,26H,12H2,1-3H3. The van der Waals surface area contributed by atoms with Gasteiger partial charge in [0.1, 0.15) is 16.4 Å². The number of halogens is 1. The summed E-state index contributed by atoms with van der Waals surface area (Å²) in [6, 6.07) is 14.3. The number of rotatable bonds is 5. The van der Waals surface area contributed by atoms with Crippen LogP contribution in [0.3, 0.4) is 0 Å². The Labute approximate surface area is 182 Å². The molecule has 0 spiro atoms. The predicted molar refractivity (Wildman–Crippen MR) is 121 cm³/mol. The van der Waals surface area contributed by atoms with E-state index >= 15 is 0 Å².